The van der Waals surface area contributed by atoms with Gasteiger partial charge in [0.05, 0.1) is 25.3 Å². The number of aliphatic hydroxyl groups is 1. The Kier molecular flexibility index (Phi) is 5.54. The maximum atomic E-state index is 13.1. The number of nitrogens with zero attached hydrogens (tertiary/aromatic N) is 2. The molecule has 4 rings (SSSR count). The van der Waals surface area contributed by atoms with Gasteiger partial charge in [-0.05, 0) is 36.2 Å². The van der Waals surface area contributed by atoms with Crippen LogP contribution >= 0.6 is 0 Å². The van der Waals surface area contributed by atoms with E-state index in [-0.39, 0.29) is 17.9 Å². The predicted octanol–water partition coefficient (Wildman–Crippen LogP) is 4.02. The van der Waals surface area contributed by atoms with Crippen molar-refractivity contribution in [3.05, 3.63) is 101 Å². The van der Waals surface area contributed by atoms with Crippen LogP contribution in [0.3, 0.4) is 0 Å². The van der Waals surface area contributed by atoms with Crippen LogP contribution in [0.25, 0.3) is 5.76 Å². The lowest BCUT2D eigenvalue weighted by atomic mass is 9.92. The molecule has 1 saturated heterocycles. The van der Waals surface area contributed by atoms with Crippen LogP contribution in [0.1, 0.15) is 28.3 Å². The lowest BCUT2D eigenvalue weighted by Crippen LogP contribution is -2.29. The predicted molar refractivity (Wildman–Crippen MR) is 116 cm³/mol. The van der Waals surface area contributed by atoms with Crippen molar-refractivity contribution in [2.45, 2.75) is 19.5 Å². The number of aliphatic hydroxyl groups excluding tert-OH is 1. The first-order valence-electron chi connectivity index (χ1n) is 9.89. The molecule has 0 bridgehead atoms. The van der Waals surface area contributed by atoms with E-state index in [1.807, 2.05) is 55.5 Å². The number of hydrogen-bond acceptors (Lipinski definition) is 5. The minimum Gasteiger partial charge on any atom is -0.507 e. The Balaban J connectivity index is 1.89. The van der Waals surface area contributed by atoms with Gasteiger partial charge in [-0.15, -0.1) is 0 Å². The number of hydrogen-bond donors (Lipinski definition) is 1. The zero-order valence-corrected chi connectivity index (χ0v) is 17.3. The van der Waals surface area contributed by atoms with Crippen molar-refractivity contribution in [3.8, 4) is 5.75 Å². The Labute approximate surface area is 180 Å². The van der Waals surface area contributed by atoms with E-state index in [0.717, 1.165) is 16.7 Å². The van der Waals surface area contributed by atoms with E-state index in [0.29, 0.717) is 11.3 Å². The van der Waals surface area contributed by atoms with Crippen molar-refractivity contribution in [1.82, 2.24) is 9.88 Å². The lowest BCUT2D eigenvalue weighted by Gasteiger charge is -2.27. The fourth-order valence-corrected chi connectivity index (χ4v) is 3.94. The number of para-hydroxylation sites is 1. The molecule has 0 aliphatic carbocycles. The van der Waals surface area contributed by atoms with Crippen molar-refractivity contribution in [3.63, 3.8) is 0 Å². The summed E-state index contributed by atoms with van der Waals surface area (Å²) in [5.41, 5.74) is 2.98. The number of ether oxygens (including phenoxy) is 1. The number of pyridine rings is 1. The largest absolute Gasteiger partial charge is 0.507 e. The van der Waals surface area contributed by atoms with Crippen molar-refractivity contribution in [2.24, 2.45) is 0 Å². The van der Waals surface area contributed by atoms with Gasteiger partial charge in [0.2, 0.25) is 0 Å². The van der Waals surface area contributed by atoms with Gasteiger partial charge < -0.3 is 14.7 Å². The number of benzene rings is 2. The topological polar surface area (TPSA) is 79.7 Å². The average Bonchev–Trinajstić information content (AvgIpc) is 3.04. The van der Waals surface area contributed by atoms with E-state index in [1.165, 1.54) is 17.3 Å². The molecule has 3 aromatic rings. The van der Waals surface area contributed by atoms with Crippen LogP contribution in [0.5, 0.6) is 5.75 Å². The highest BCUT2D eigenvalue weighted by molar-refractivity contribution is 6.46. The molecule has 6 nitrogen and oxygen atoms in total. The first-order chi connectivity index (χ1) is 15.0. The van der Waals surface area contributed by atoms with Crippen LogP contribution < -0.4 is 4.74 Å². The summed E-state index contributed by atoms with van der Waals surface area (Å²) in [6.07, 6.45) is 3.06. The standard InChI is InChI=1S/C25H22N2O4/c1-16-7-3-5-9-19(16)22-21(23(28)17-11-13-26-14-12-17)24(29)25(30)27(22)15-18-8-4-6-10-20(18)31-2/h3-14,22,28H,15H2,1-2H3/b23-21+. The second-order valence-electron chi connectivity index (χ2n) is 7.33. The molecular weight excluding hydrogens is 392 g/mol. The number of rotatable bonds is 5. The summed E-state index contributed by atoms with van der Waals surface area (Å²) in [6.45, 7) is 2.09. The highest BCUT2D eigenvalue weighted by Crippen LogP contribution is 2.41. The molecule has 1 amide bonds. The molecule has 0 radical (unpaired) electrons. The Hall–Kier alpha value is -3.93. The minimum atomic E-state index is -0.723. The van der Waals surface area contributed by atoms with Gasteiger partial charge >= 0.3 is 0 Å². The molecule has 1 aliphatic heterocycles. The molecular formula is C25H22N2O4. The van der Waals surface area contributed by atoms with Crippen LogP contribution in [-0.4, -0.2) is 33.8 Å². The molecule has 6 heteroatoms. The number of methoxy groups -OCH3 is 1. The van der Waals surface area contributed by atoms with E-state index in [4.69, 9.17) is 4.74 Å². The molecule has 2 heterocycles. The highest BCUT2D eigenvalue weighted by atomic mass is 16.5. The SMILES string of the molecule is COc1ccccc1CN1C(=O)C(=O)/C(=C(/O)c2ccncc2)C1c1ccccc1C. The van der Waals surface area contributed by atoms with E-state index in [9.17, 15) is 14.7 Å². The molecule has 1 aromatic heterocycles. The maximum Gasteiger partial charge on any atom is 0.295 e. The third-order valence-corrected chi connectivity index (χ3v) is 5.51. The van der Waals surface area contributed by atoms with Gasteiger partial charge in [0.1, 0.15) is 11.5 Å². The summed E-state index contributed by atoms with van der Waals surface area (Å²) in [4.78, 5) is 31.7. The van der Waals surface area contributed by atoms with Crippen molar-refractivity contribution in [2.75, 3.05) is 7.11 Å². The van der Waals surface area contributed by atoms with Crippen LogP contribution in [-0.2, 0) is 16.1 Å². The van der Waals surface area contributed by atoms with Crippen LogP contribution in [0.15, 0.2) is 78.6 Å². The van der Waals surface area contributed by atoms with Gasteiger partial charge in [-0.2, -0.15) is 0 Å². The van der Waals surface area contributed by atoms with Gasteiger partial charge in [-0.25, -0.2) is 0 Å². The monoisotopic (exact) mass is 414 g/mol. The van der Waals surface area contributed by atoms with Gasteiger partial charge in [-0.3, -0.25) is 14.6 Å². The molecule has 0 spiro atoms. The third-order valence-electron chi connectivity index (χ3n) is 5.51. The first-order valence-corrected chi connectivity index (χ1v) is 9.89. The number of likely N-dealkylation sites (tertiary alicyclic amines) is 1. The van der Waals surface area contributed by atoms with E-state index < -0.39 is 17.7 Å². The summed E-state index contributed by atoms with van der Waals surface area (Å²) in [6, 6.07) is 17.4. The van der Waals surface area contributed by atoms with Crippen molar-refractivity contribution in [1.29, 1.82) is 0 Å². The summed E-state index contributed by atoms with van der Waals surface area (Å²) >= 11 is 0. The molecule has 1 unspecified atom stereocenters. The smallest absolute Gasteiger partial charge is 0.295 e. The Morgan fingerprint density at radius 1 is 1.03 bits per heavy atom. The molecule has 1 aliphatic rings. The number of amides is 1. The zero-order valence-electron chi connectivity index (χ0n) is 17.3. The van der Waals surface area contributed by atoms with Gasteiger partial charge in [0.25, 0.3) is 11.7 Å². The Bertz CT molecular complexity index is 1170. The number of carbonyl (C=O) groups is 2. The molecule has 156 valence electrons. The fraction of sp³-hybridized carbons (Fsp3) is 0.160. The third kappa shape index (κ3) is 3.68. The normalized spacial score (nSPS) is 17.7. The summed E-state index contributed by atoms with van der Waals surface area (Å²) in [5.74, 6) is -0.953. The van der Waals surface area contributed by atoms with E-state index in [1.54, 1.807) is 19.2 Å². The summed E-state index contributed by atoms with van der Waals surface area (Å²) < 4.78 is 5.43. The Morgan fingerprint density at radius 2 is 1.71 bits per heavy atom. The fourth-order valence-electron chi connectivity index (χ4n) is 3.94. The maximum absolute atomic E-state index is 13.1. The summed E-state index contributed by atoms with van der Waals surface area (Å²) in [5, 5.41) is 11.0. The van der Waals surface area contributed by atoms with Crippen LogP contribution in [0.4, 0.5) is 0 Å². The second-order valence-corrected chi connectivity index (χ2v) is 7.33. The number of ketones is 1. The average molecular weight is 414 g/mol. The zero-order chi connectivity index (χ0) is 22.0. The van der Waals surface area contributed by atoms with Crippen molar-refractivity contribution >= 4 is 17.4 Å². The molecule has 1 atom stereocenters. The molecule has 0 saturated carbocycles. The van der Waals surface area contributed by atoms with Gasteiger partial charge in [0.15, 0.2) is 0 Å². The number of aromatic nitrogens is 1. The van der Waals surface area contributed by atoms with E-state index in [2.05, 4.69) is 4.98 Å². The van der Waals surface area contributed by atoms with E-state index >= 15 is 0 Å². The second kappa shape index (κ2) is 8.44. The molecule has 1 fully saturated rings. The Morgan fingerprint density at radius 3 is 2.42 bits per heavy atom. The molecule has 1 N–H and O–H groups in total. The van der Waals surface area contributed by atoms with Crippen LogP contribution in [0, 0.1) is 6.92 Å². The number of aryl methyl sites for hydroxylation is 1. The number of carbonyl (C=O) groups excluding carboxylic acids is 2. The van der Waals surface area contributed by atoms with Crippen LogP contribution in [0.2, 0.25) is 0 Å². The number of Topliss-reactive ketones (excluding diaryl/α,β-unsaturated/α-hetero) is 1. The van der Waals surface area contributed by atoms with Crippen molar-refractivity contribution < 1.29 is 19.4 Å². The van der Waals surface area contributed by atoms with Gasteiger partial charge in [0, 0.05) is 23.5 Å². The highest BCUT2D eigenvalue weighted by Gasteiger charge is 2.46. The summed E-state index contributed by atoms with van der Waals surface area (Å²) in [7, 11) is 1.56. The molecule has 31 heavy (non-hydrogen) atoms. The minimum absolute atomic E-state index is 0.0698. The van der Waals surface area contributed by atoms with Gasteiger partial charge in [-0.1, -0.05) is 42.5 Å². The first kappa shape index (κ1) is 20.3. The lowest BCUT2D eigenvalue weighted by molar-refractivity contribution is -0.140. The quantitative estimate of drug-likeness (QED) is 0.388. The molecule has 2 aromatic carbocycles.